The van der Waals surface area contributed by atoms with Gasteiger partial charge in [-0.15, -0.1) is 0 Å². The van der Waals surface area contributed by atoms with Crippen molar-refractivity contribution >= 4 is 17.6 Å². The van der Waals surface area contributed by atoms with Gasteiger partial charge in [0.2, 0.25) is 0 Å². The quantitative estimate of drug-likeness (QED) is 0.603. The summed E-state index contributed by atoms with van der Waals surface area (Å²) < 4.78 is 0. The molecular weight excluding hydrogens is 196 g/mol. The number of aryl methyl sites for hydroxylation is 1. The van der Waals surface area contributed by atoms with Crippen LogP contribution < -0.4 is 5.73 Å². The lowest BCUT2D eigenvalue weighted by atomic mass is 10.1. The zero-order valence-electron chi connectivity index (χ0n) is 10.3. The Labute approximate surface area is 97.9 Å². The zero-order valence-corrected chi connectivity index (χ0v) is 10.3. The molecule has 0 aliphatic rings. The number of benzene rings is 1. The SMILES string of the molecule is C/C=C(\N=CCCC)c1ccc(N)c(C)c1. The summed E-state index contributed by atoms with van der Waals surface area (Å²) in [5.41, 5.74) is 9.86. The van der Waals surface area contributed by atoms with Gasteiger partial charge in [0.1, 0.15) is 0 Å². The van der Waals surface area contributed by atoms with Crippen molar-refractivity contribution in [1.82, 2.24) is 0 Å². The van der Waals surface area contributed by atoms with Gasteiger partial charge < -0.3 is 5.73 Å². The Balaban J connectivity index is 2.92. The average molecular weight is 216 g/mol. The van der Waals surface area contributed by atoms with Crippen LogP contribution in [0.25, 0.3) is 5.70 Å². The lowest BCUT2D eigenvalue weighted by Crippen LogP contribution is -1.91. The molecule has 0 bridgehead atoms. The summed E-state index contributed by atoms with van der Waals surface area (Å²) in [7, 11) is 0. The van der Waals surface area contributed by atoms with Crippen LogP contribution in [0.3, 0.4) is 0 Å². The van der Waals surface area contributed by atoms with E-state index in [4.69, 9.17) is 5.73 Å². The molecule has 2 N–H and O–H groups in total. The maximum absolute atomic E-state index is 5.79. The maximum Gasteiger partial charge on any atom is 0.0655 e. The Bertz CT molecular complexity index is 403. The van der Waals surface area contributed by atoms with Crippen molar-refractivity contribution in [3.63, 3.8) is 0 Å². The topological polar surface area (TPSA) is 38.4 Å². The van der Waals surface area contributed by atoms with Crippen molar-refractivity contribution < 1.29 is 0 Å². The first kappa shape index (κ1) is 12.5. The van der Waals surface area contributed by atoms with E-state index in [0.717, 1.165) is 35.4 Å². The minimum Gasteiger partial charge on any atom is -0.399 e. The highest BCUT2D eigenvalue weighted by atomic mass is 14.7. The van der Waals surface area contributed by atoms with Gasteiger partial charge in [0.15, 0.2) is 0 Å². The van der Waals surface area contributed by atoms with Crippen LogP contribution in [0, 0.1) is 6.92 Å². The highest BCUT2D eigenvalue weighted by Crippen LogP contribution is 2.20. The molecule has 2 nitrogen and oxygen atoms in total. The van der Waals surface area contributed by atoms with Crippen LogP contribution in [0.1, 0.15) is 37.8 Å². The number of hydrogen-bond acceptors (Lipinski definition) is 2. The number of allylic oxidation sites excluding steroid dienone is 1. The van der Waals surface area contributed by atoms with E-state index in [9.17, 15) is 0 Å². The van der Waals surface area contributed by atoms with E-state index in [1.807, 2.05) is 38.3 Å². The number of nitrogens with zero attached hydrogens (tertiary/aromatic N) is 1. The van der Waals surface area contributed by atoms with E-state index < -0.39 is 0 Å². The van der Waals surface area contributed by atoms with Gasteiger partial charge in [-0.25, -0.2) is 0 Å². The number of aliphatic imine (C=N–C) groups is 1. The molecule has 0 saturated carbocycles. The van der Waals surface area contributed by atoms with Crippen LogP contribution in [0.5, 0.6) is 0 Å². The standard InChI is InChI=1S/C14H20N2/c1-4-6-9-16-14(5-2)12-7-8-13(15)11(3)10-12/h5,7-10H,4,6,15H2,1-3H3/b14-5-,16-9?. The second kappa shape index (κ2) is 6.11. The fraction of sp³-hybridized carbons (Fsp3) is 0.357. The first-order chi connectivity index (χ1) is 7.69. The van der Waals surface area contributed by atoms with Gasteiger partial charge in [-0.3, -0.25) is 4.99 Å². The molecular formula is C14H20N2. The molecule has 0 atom stereocenters. The zero-order chi connectivity index (χ0) is 12.0. The van der Waals surface area contributed by atoms with Crippen molar-refractivity contribution in [2.75, 3.05) is 5.73 Å². The third-order valence-electron chi connectivity index (χ3n) is 2.49. The molecule has 0 unspecified atom stereocenters. The van der Waals surface area contributed by atoms with Crippen LogP contribution >= 0.6 is 0 Å². The number of nitrogen functional groups attached to an aromatic ring is 1. The van der Waals surface area contributed by atoms with E-state index >= 15 is 0 Å². The van der Waals surface area contributed by atoms with E-state index in [2.05, 4.69) is 18.0 Å². The minimum atomic E-state index is 0.830. The summed E-state index contributed by atoms with van der Waals surface area (Å²) in [5, 5.41) is 0. The largest absolute Gasteiger partial charge is 0.399 e. The molecule has 0 spiro atoms. The molecule has 86 valence electrons. The molecule has 0 fully saturated rings. The Morgan fingerprint density at radius 1 is 1.44 bits per heavy atom. The number of unbranched alkanes of at least 4 members (excludes halogenated alkanes) is 1. The van der Waals surface area contributed by atoms with E-state index in [1.165, 1.54) is 0 Å². The van der Waals surface area contributed by atoms with Crippen LogP contribution in [-0.4, -0.2) is 6.21 Å². The smallest absolute Gasteiger partial charge is 0.0655 e. The van der Waals surface area contributed by atoms with Crippen molar-refractivity contribution in [3.8, 4) is 0 Å². The summed E-state index contributed by atoms with van der Waals surface area (Å²) in [4.78, 5) is 4.47. The van der Waals surface area contributed by atoms with Crippen molar-refractivity contribution in [3.05, 3.63) is 35.4 Å². The van der Waals surface area contributed by atoms with Gasteiger partial charge in [0, 0.05) is 17.5 Å². The van der Waals surface area contributed by atoms with Crippen LogP contribution in [0.4, 0.5) is 5.69 Å². The molecule has 0 saturated heterocycles. The van der Waals surface area contributed by atoms with Gasteiger partial charge in [-0.05, 0) is 38.0 Å². The van der Waals surface area contributed by atoms with E-state index in [-0.39, 0.29) is 0 Å². The molecule has 1 rings (SSSR count). The molecule has 1 aromatic carbocycles. The Morgan fingerprint density at radius 3 is 2.75 bits per heavy atom. The third-order valence-corrected chi connectivity index (χ3v) is 2.49. The summed E-state index contributed by atoms with van der Waals surface area (Å²) in [6, 6.07) is 6.03. The predicted molar refractivity (Wildman–Crippen MR) is 72.6 cm³/mol. The lowest BCUT2D eigenvalue weighted by molar-refractivity contribution is 1.01. The number of hydrogen-bond donors (Lipinski definition) is 1. The number of rotatable bonds is 4. The van der Waals surface area contributed by atoms with Gasteiger partial charge in [0.05, 0.1) is 5.70 Å². The van der Waals surface area contributed by atoms with Crippen molar-refractivity contribution in [1.29, 1.82) is 0 Å². The van der Waals surface area contributed by atoms with Gasteiger partial charge in [-0.2, -0.15) is 0 Å². The fourth-order valence-electron chi connectivity index (χ4n) is 1.44. The minimum absolute atomic E-state index is 0.830. The van der Waals surface area contributed by atoms with Gasteiger partial charge in [0.25, 0.3) is 0 Å². The molecule has 0 aliphatic heterocycles. The van der Waals surface area contributed by atoms with Crippen molar-refractivity contribution in [2.24, 2.45) is 4.99 Å². The maximum atomic E-state index is 5.79. The molecule has 2 heteroatoms. The molecule has 0 amide bonds. The third kappa shape index (κ3) is 3.23. The van der Waals surface area contributed by atoms with E-state index in [0.29, 0.717) is 0 Å². The Morgan fingerprint density at radius 2 is 2.19 bits per heavy atom. The highest BCUT2D eigenvalue weighted by Gasteiger charge is 2.00. The number of anilines is 1. The monoisotopic (exact) mass is 216 g/mol. The molecule has 0 radical (unpaired) electrons. The predicted octanol–water partition coefficient (Wildman–Crippen LogP) is 3.81. The molecule has 0 heterocycles. The second-order valence-corrected chi connectivity index (χ2v) is 3.85. The highest BCUT2D eigenvalue weighted by molar-refractivity contribution is 5.74. The van der Waals surface area contributed by atoms with Gasteiger partial charge >= 0.3 is 0 Å². The first-order valence-corrected chi connectivity index (χ1v) is 5.74. The Hall–Kier alpha value is -1.57. The molecule has 1 aromatic rings. The average Bonchev–Trinajstić information content (AvgIpc) is 2.29. The normalized spacial score (nSPS) is 12.3. The van der Waals surface area contributed by atoms with Crippen molar-refractivity contribution in [2.45, 2.75) is 33.6 Å². The summed E-state index contributed by atoms with van der Waals surface area (Å²) in [6.45, 7) is 6.17. The molecule has 0 aliphatic carbocycles. The van der Waals surface area contributed by atoms with Crippen LogP contribution in [0.2, 0.25) is 0 Å². The molecule has 16 heavy (non-hydrogen) atoms. The molecule has 0 aromatic heterocycles. The van der Waals surface area contributed by atoms with Gasteiger partial charge in [-0.1, -0.05) is 25.5 Å². The van der Waals surface area contributed by atoms with E-state index in [1.54, 1.807) is 0 Å². The number of nitrogens with two attached hydrogens (primary N) is 1. The second-order valence-electron chi connectivity index (χ2n) is 3.85. The van der Waals surface area contributed by atoms with Crippen LogP contribution in [-0.2, 0) is 0 Å². The Kier molecular flexibility index (Phi) is 4.77. The summed E-state index contributed by atoms with van der Waals surface area (Å²) in [6.07, 6.45) is 6.14. The lowest BCUT2D eigenvalue weighted by Gasteiger charge is -2.05. The first-order valence-electron chi connectivity index (χ1n) is 5.74. The summed E-state index contributed by atoms with van der Waals surface area (Å²) >= 11 is 0. The summed E-state index contributed by atoms with van der Waals surface area (Å²) in [5.74, 6) is 0. The fourth-order valence-corrected chi connectivity index (χ4v) is 1.44. The van der Waals surface area contributed by atoms with Crippen LogP contribution in [0.15, 0.2) is 29.3 Å².